The molecule has 0 amide bonds. The van der Waals surface area contributed by atoms with Crippen molar-refractivity contribution in [2.24, 2.45) is 5.92 Å². The van der Waals surface area contributed by atoms with Crippen LogP contribution >= 0.6 is 27.5 Å². The van der Waals surface area contributed by atoms with Crippen molar-refractivity contribution in [3.8, 4) is 0 Å². The van der Waals surface area contributed by atoms with E-state index >= 15 is 0 Å². The molecule has 0 unspecified atom stereocenters. The fourth-order valence-electron chi connectivity index (χ4n) is 1.79. The van der Waals surface area contributed by atoms with Crippen molar-refractivity contribution in [2.45, 2.75) is 25.7 Å². The van der Waals surface area contributed by atoms with Gasteiger partial charge in [-0.05, 0) is 24.1 Å². The minimum atomic E-state index is 0.211. The summed E-state index contributed by atoms with van der Waals surface area (Å²) in [5, 5.41) is 0.612. The number of carbonyl (C=O) groups excluding carboxylic acids is 1. The first-order chi connectivity index (χ1) is 7.15. The van der Waals surface area contributed by atoms with Crippen LogP contribution in [0.5, 0.6) is 0 Å². The molecule has 0 bridgehead atoms. The number of Topliss-reactive ketones (excluding diaryl/α,β-unsaturated/α-hetero) is 1. The van der Waals surface area contributed by atoms with E-state index in [9.17, 15) is 4.79 Å². The molecule has 1 aliphatic rings. The van der Waals surface area contributed by atoms with Crippen LogP contribution in [-0.4, -0.2) is 5.78 Å². The monoisotopic (exact) mass is 286 g/mol. The molecule has 80 valence electrons. The number of hydrogen-bond acceptors (Lipinski definition) is 1. The van der Waals surface area contributed by atoms with Gasteiger partial charge in [0.25, 0.3) is 0 Å². The number of carbonyl (C=O) groups is 1. The summed E-state index contributed by atoms with van der Waals surface area (Å²) < 4.78 is 0.868. The molecule has 1 aromatic carbocycles. The minimum Gasteiger partial charge on any atom is -0.294 e. The van der Waals surface area contributed by atoms with Crippen molar-refractivity contribution < 1.29 is 4.79 Å². The zero-order valence-electron chi connectivity index (χ0n) is 8.30. The highest BCUT2D eigenvalue weighted by Gasteiger charge is 2.21. The van der Waals surface area contributed by atoms with E-state index in [2.05, 4.69) is 15.9 Å². The van der Waals surface area contributed by atoms with Crippen molar-refractivity contribution in [1.82, 2.24) is 0 Å². The standard InChI is InChI=1S/C12H12BrClO/c13-10-5-9(6-11(14)7-10)12(15)4-8-2-1-3-8/h5-8H,1-4H2. The van der Waals surface area contributed by atoms with Crippen LogP contribution in [0.25, 0.3) is 0 Å². The van der Waals surface area contributed by atoms with Crippen molar-refractivity contribution in [3.05, 3.63) is 33.3 Å². The van der Waals surface area contributed by atoms with Gasteiger partial charge in [0.2, 0.25) is 0 Å². The van der Waals surface area contributed by atoms with Gasteiger partial charge < -0.3 is 0 Å². The maximum absolute atomic E-state index is 11.9. The van der Waals surface area contributed by atoms with E-state index in [0.717, 1.165) is 10.0 Å². The Balaban J connectivity index is 2.10. The molecule has 3 heteroatoms. The smallest absolute Gasteiger partial charge is 0.163 e. The third kappa shape index (κ3) is 2.82. The maximum atomic E-state index is 11.9. The predicted molar refractivity (Wildman–Crippen MR) is 65.4 cm³/mol. The molecule has 1 fully saturated rings. The van der Waals surface area contributed by atoms with Crippen molar-refractivity contribution >= 4 is 33.3 Å². The van der Waals surface area contributed by atoms with E-state index < -0.39 is 0 Å². The number of ketones is 1. The summed E-state index contributed by atoms with van der Waals surface area (Å²) in [6.45, 7) is 0. The Morgan fingerprint density at radius 1 is 1.40 bits per heavy atom. The summed E-state index contributed by atoms with van der Waals surface area (Å²) in [7, 11) is 0. The molecule has 0 heterocycles. The topological polar surface area (TPSA) is 17.1 Å². The zero-order chi connectivity index (χ0) is 10.8. The van der Waals surface area contributed by atoms with Crippen LogP contribution in [0.2, 0.25) is 5.02 Å². The SMILES string of the molecule is O=C(CC1CCC1)c1cc(Cl)cc(Br)c1. The average molecular weight is 288 g/mol. The van der Waals surface area contributed by atoms with E-state index in [1.54, 1.807) is 12.1 Å². The van der Waals surface area contributed by atoms with E-state index in [-0.39, 0.29) is 5.78 Å². The Bertz CT molecular complexity index is 365. The van der Waals surface area contributed by atoms with Crippen molar-refractivity contribution in [1.29, 1.82) is 0 Å². The molecule has 0 aromatic heterocycles. The number of hydrogen-bond donors (Lipinski definition) is 0. The van der Waals surface area contributed by atoms with Crippen LogP contribution in [0.3, 0.4) is 0 Å². The van der Waals surface area contributed by atoms with Gasteiger partial charge in [-0.1, -0.05) is 46.8 Å². The Kier molecular flexibility index (Phi) is 3.47. The van der Waals surface area contributed by atoms with Crippen LogP contribution in [0, 0.1) is 5.92 Å². The van der Waals surface area contributed by atoms with Crippen LogP contribution in [-0.2, 0) is 0 Å². The summed E-state index contributed by atoms with van der Waals surface area (Å²) in [6.07, 6.45) is 4.35. The van der Waals surface area contributed by atoms with E-state index in [1.165, 1.54) is 19.3 Å². The normalized spacial score (nSPS) is 16.1. The summed E-state index contributed by atoms with van der Waals surface area (Å²) in [5.74, 6) is 0.818. The van der Waals surface area contributed by atoms with E-state index in [0.29, 0.717) is 17.4 Å². The summed E-state index contributed by atoms with van der Waals surface area (Å²) in [4.78, 5) is 11.9. The van der Waals surface area contributed by atoms with E-state index in [1.807, 2.05) is 6.07 Å². The fraction of sp³-hybridized carbons (Fsp3) is 0.417. The highest BCUT2D eigenvalue weighted by atomic mass is 79.9. The molecule has 2 rings (SSSR count). The maximum Gasteiger partial charge on any atom is 0.163 e. The van der Waals surface area contributed by atoms with Crippen LogP contribution in [0.1, 0.15) is 36.0 Å². The third-order valence-corrected chi connectivity index (χ3v) is 3.56. The first kappa shape index (κ1) is 11.2. The molecule has 0 spiro atoms. The average Bonchev–Trinajstić information content (AvgIpc) is 2.09. The number of benzene rings is 1. The van der Waals surface area contributed by atoms with Crippen molar-refractivity contribution in [2.75, 3.05) is 0 Å². The molecule has 1 aromatic rings. The zero-order valence-corrected chi connectivity index (χ0v) is 10.6. The van der Waals surface area contributed by atoms with Crippen LogP contribution < -0.4 is 0 Å². The van der Waals surface area contributed by atoms with Gasteiger partial charge in [0.15, 0.2) is 5.78 Å². The van der Waals surface area contributed by atoms with Gasteiger partial charge >= 0.3 is 0 Å². The van der Waals surface area contributed by atoms with Gasteiger partial charge in [-0.25, -0.2) is 0 Å². The Morgan fingerprint density at radius 2 is 2.13 bits per heavy atom. The molecule has 0 aliphatic heterocycles. The molecule has 0 saturated heterocycles. The highest BCUT2D eigenvalue weighted by Crippen LogP contribution is 2.31. The second-order valence-electron chi connectivity index (χ2n) is 4.08. The van der Waals surface area contributed by atoms with Crippen molar-refractivity contribution in [3.63, 3.8) is 0 Å². The largest absolute Gasteiger partial charge is 0.294 e. The van der Waals surface area contributed by atoms with Crippen LogP contribution in [0.15, 0.2) is 22.7 Å². The predicted octanol–water partition coefficient (Wildman–Crippen LogP) is 4.48. The molecule has 15 heavy (non-hydrogen) atoms. The number of halogens is 2. The summed E-state index contributed by atoms with van der Waals surface area (Å²) in [5.41, 5.74) is 0.723. The molecule has 0 atom stereocenters. The molecule has 1 saturated carbocycles. The fourth-order valence-corrected chi connectivity index (χ4v) is 2.65. The molecule has 1 aliphatic carbocycles. The third-order valence-electron chi connectivity index (χ3n) is 2.88. The van der Waals surface area contributed by atoms with Gasteiger partial charge in [-0.15, -0.1) is 0 Å². The highest BCUT2D eigenvalue weighted by molar-refractivity contribution is 9.10. The lowest BCUT2D eigenvalue weighted by atomic mass is 9.81. The molecule has 1 nitrogen and oxygen atoms in total. The quantitative estimate of drug-likeness (QED) is 0.749. The van der Waals surface area contributed by atoms with Gasteiger partial charge in [0.1, 0.15) is 0 Å². The summed E-state index contributed by atoms with van der Waals surface area (Å²) in [6, 6.07) is 5.38. The van der Waals surface area contributed by atoms with E-state index in [4.69, 9.17) is 11.6 Å². The van der Waals surface area contributed by atoms with Gasteiger partial charge in [0.05, 0.1) is 0 Å². The lowest BCUT2D eigenvalue weighted by Gasteiger charge is -2.24. The molecule has 0 radical (unpaired) electrons. The molecule has 0 N–H and O–H groups in total. The second-order valence-corrected chi connectivity index (χ2v) is 5.43. The lowest BCUT2D eigenvalue weighted by molar-refractivity contribution is 0.0936. The van der Waals surface area contributed by atoms with Gasteiger partial charge in [0, 0.05) is 21.5 Å². The first-order valence-corrected chi connectivity index (χ1v) is 6.31. The second kappa shape index (κ2) is 4.67. The van der Waals surface area contributed by atoms with Gasteiger partial charge in [-0.2, -0.15) is 0 Å². The Hall–Kier alpha value is -0.340. The van der Waals surface area contributed by atoms with Gasteiger partial charge in [-0.3, -0.25) is 4.79 Å². The lowest BCUT2D eigenvalue weighted by Crippen LogP contribution is -2.15. The first-order valence-electron chi connectivity index (χ1n) is 5.14. The Morgan fingerprint density at radius 3 is 2.67 bits per heavy atom. The Labute approximate surface area is 103 Å². The summed E-state index contributed by atoms with van der Waals surface area (Å²) >= 11 is 9.24. The minimum absolute atomic E-state index is 0.211. The van der Waals surface area contributed by atoms with Crippen LogP contribution in [0.4, 0.5) is 0 Å². The molecular weight excluding hydrogens is 275 g/mol. The molecular formula is C12H12BrClO. The number of rotatable bonds is 3.